The SMILES string of the molecule is CN(C)CCC(=O)Nc1ccnn1C. The molecule has 5 heteroatoms. The summed E-state index contributed by atoms with van der Waals surface area (Å²) in [5.74, 6) is 0.746. The molecular weight excluding hydrogens is 180 g/mol. The lowest BCUT2D eigenvalue weighted by Crippen LogP contribution is -2.21. The highest BCUT2D eigenvalue weighted by atomic mass is 16.1. The van der Waals surface area contributed by atoms with E-state index in [4.69, 9.17) is 0 Å². The number of hydrogen-bond donors (Lipinski definition) is 1. The summed E-state index contributed by atoms with van der Waals surface area (Å²) in [5, 5.41) is 6.74. The fourth-order valence-electron chi connectivity index (χ4n) is 1.03. The monoisotopic (exact) mass is 196 g/mol. The van der Waals surface area contributed by atoms with Crippen molar-refractivity contribution in [3.63, 3.8) is 0 Å². The standard InChI is InChI=1S/C9H16N4O/c1-12(2)7-5-9(14)11-8-4-6-10-13(8)3/h4,6H,5,7H2,1-3H3,(H,11,14). The zero-order valence-corrected chi connectivity index (χ0v) is 8.82. The minimum Gasteiger partial charge on any atom is -0.311 e. The number of anilines is 1. The van der Waals surface area contributed by atoms with Gasteiger partial charge in [0, 0.05) is 26.1 Å². The van der Waals surface area contributed by atoms with Gasteiger partial charge in [0.25, 0.3) is 0 Å². The van der Waals surface area contributed by atoms with E-state index >= 15 is 0 Å². The van der Waals surface area contributed by atoms with Crippen molar-refractivity contribution in [3.8, 4) is 0 Å². The van der Waals surface area contributed by atoms with E-state index in [1.807, 2.05) is 19.0 Å². The molecule has 0 aliphatic heterocycles. The topological polar surface area (TPSA) is 50.2 Å². The molecule has 0 radical (unpaired) electrons. The van der Waals surface area contributed by atoms with Crippen LogP contribution in [0.25, 0.3) is 0 Å². The molecule has 1 aromatic heterocycles. The average Bonchev–Trinajstić information content (AvgIpc) is 2.49. The normalized spacial score (nSPS) is 10.6. The lowest BCUT2D eigenvalue weighted by atomic mass is 10.4. The van der Waals surface area contributed by atoms with Crippen LogP contribution in [0.4, 0.5) is 5.82 Å². The molecular formula is C9H16N4O. The van der Waals surface area contributed by atoms with Crippen LogP contribution in [0.15, 0.2) is 12.3 Å². The molecule has 0 saturated carbocycles. The summed E-state index contributed by atoms with van der Waals surface area (Å²) in [5.41, 5.74) is 0. The number of amides is 1. The first-order valence-corrected chi connectivity index (χ1v) is 4.52. The number of aromatic nitrogens is 2. The molecule has 1 heterocycles. The molecule has 0 spiro atoms. The van der Waals surface area contributed by atoms with Crippen LogP contribution < -0.4 is 5.32 Å². The van der Waals surface area contributed by atoms with E-state index < -0.39 is 0 Å². The highest BCUT2D eigenvalue weighted by Crippen LogP contribution is 2.03. The molecule has 0 aromatic carbocycles. The van der Waals surface area contributed by atoms with Gasteiger partial charge in [0.15, 0.2) is 0 Å². The number of nitrogens with one attached hydrogen (secondary N) is 1. The van der Waals surface area contributed by atoms with Crippen LogP contribution in [-0.2, 0) is 11.8 Å². The van der Waals surface area contributed by atoms with Crippen LogP contribution in [-0.4, -0.2) is 41.2 Å². The Balaban J connectivity index is 2.38. The molecule has 0 aliphatic carbocycles. The second kappa shape index (κ2) is 4.76. The highest BCUT2D eigenvalue weighted by Gasteiger charge is 2.04. The van der Waals surface area contributed by atoms with Gasteiger partial charge in [-0.25, -0.2) is 0 Å². The van der Waals surface area contributed by atoms with Crippen molar-refractivity contribution in [2.45, 2.75) is 6.42 Å². The summed E-state index contributed by atoms with van der Waals surface area (Å²) in [4.78, 5) is 13.4. The molecule has 1 amide bonds. The first-order valence-electron chi connectivity index (χ1n) is 4.52. The molecule has 5 nitrogen and oxygen atoms in total. The van der Waals surface area contributed by atoms with E-state index in [1.54, 1.807) is 24.0 Å². The molecule has 0 bridgehead atoms. The molecule has 78 valence electrons. The van der Waals surface area contributed by atoms with Gasteiger partial charge in [0.1, 0.15) is 5.82 Å². The van der Waals surface area contributed by atoms with Crippen LogP contribution in [0.3, 0.4) is 0 Å². The van der Waals surface area contributed by atoms with Crippen LogP contribution in [0, 0.1) is 0 Å². The highest BCUT2D eigenvalue weighted by molar-refractivity contribution is 5.89. The van der Waals surface area contributed by atoms with Gasteiger partial charge in [-0.3, -0.25) is 9.48 Å². The number of carbonyl (C=O) groups excluding carboxylic acids is 1. The second-order valence-corrected chi connectivity index (χ2v) is 3.44. The summed E-state index contributed by atoms with van der Waals surface area (Å²) in [7, 11) is 5.68. The van der Waals surface area contributed by atoms with Gasteiger partial charge in [0.2, 0.25) is 5.91 Å². The second-order valence-electron chi connectivity index (χ2n) is 3.44. The minimum absolute atomic E-state index is 0.0160. The third kappa shape index (κ3) is 3.18. The van der Waals surface area contributed by atoms with Gasteiger partial charge in [-0.15, -0.1) is 0 Å². The van der Waals surface area contributed by atoms with Crippen LogP contribution >= 0.6 is 0 Å². The molecule has 0 aliphatic rings. The first-order chi connectivity index (χ1) is 6.59. The summed E-state index contributed by atoms with van der Waals surface area (Å²) in [6.45, 7) is 0.754. The van der Waals surface area contributed by atoms with Crippen LogP contribution in [0.5, 0.6) is 0 Å². The molecule has 0 unspecified atom stereocenters. The number of nitrogens with zero attached hydrogens (tertiary/aromatic N) is 3. The van der Waals surface area contributed by atoms with E-state index in [9.17, 15) is 4.79 Å². The third-order valence-corrected chi connectivity index (χ3v) is 1.87. The zero-order chi connectivity index (χ0) is 10.6. The lowest BCUT2D eigenvalue weighted by molar-refractivity contribution is -0.116. The van der Waals surface area contributed by atoms with E-state index in [0.29, 0.717) is 6.42 Å². The Morgan fingerprint density at radius 3 is 2.86 bits per heavy atom. The summed E-state index contributed by atoms with van der Waals surface area (Å²) < 4.78 is 1.63. The van der Waals surface area contributed by atoms with Crippen molar-refractivity contribution in [1.82, 2.24) is 14.7 Å². The van der Waals surface area contributed by atoms with Crippen molar-refractivity contribution in [2.75, 3.05) is 26.0 Å². The quantitative estimate of drug-likeness (QED) is 0.754. The molecule has 14 heavy (non-hydrogen) atoms. The van der Waals surface area contributed by atoms with Crippen molar-refractivity contribution < 1.29 is 4.79 Å². The molecule has 0 atom stereocenters. The van der Waals surface area contributed by atoms with E-state index in [1.165, 1.54) is 0 Å². The number of aryl methyl sites for hydroxylation is 1. The Labute approximate surface area is 83.7 Å². The smallest absolute Gasteiger partial charge is 0.226 e. The zero-order valence-electron chi connectivity index (χ0n) is 8.82. The predicted octanol–water partition coefficient (Wildman–Crippen LogP) is 0.310. The van der Waals surface area contributed by atoms with Crippen molar-refractivity contribution in [3.05, 3.63) is 12.3 Å². The Kier molecular flexibility index (Phi) is 3.64. The van der Waals surface area contributed by atoms with E-state index in [-0.39, 0.29) is 5.91 Å². The van der Waals surface area contributed by atoms with Crippen LogP contribution in [0.1, 0.15) is 6.42 Å². The van der Waals surface area contributed by atoms with Crippen molar-refractivity contribution in [2.24, 2.45) is 7.05 Å². The van der Waals surface area contributed by atoms with Gasteiger partial charge in [-0.05, 0) is 14.1 Å². The number of hydrogen-bond acceptors (Lipinski definition) is 3. The van der Waals surface area contributed by atoms with Crippen molar-refractivity contribution >= 4 is 11.7 Å². The lowest BCUT2D eigenvalue weighted by Gasteiger charge is -2.09. The van der Waals surface area contributed by atoms with Crippen molar-refractivity contribution in [1.29, 1.82) is 0 Å². The average molecular weight is 196 g/mol. The van der Waals surface area contributed by atoms with Gasteiger partial charge in [0.05, 0.1) is 6.20 Å². The van der Waals surface area contributed by atoms with E-state index in [2.05, 4.69) is 10.4 Å². The Morgan fingerprint density at radius 2 is 2.36 bits per heavy atom. The van der Waals surface area contributed by atoms with Gasteiger partial charge >= 0.3 is 0 Å². The fraction of sp³-hybridized carbons (Fsp3) is 0.556. The minimum atomic E-state index is 0.0160. The third-order valence-electron chi connectivity index (χ3n) is 1.87. The number of carbonyl (C=O) groups is 1. The molecule has 0 saturated heterocycles. The van der Waals surface area contributed by atoms with Gasteiger partial charge in [-0.1, -0.05) is 0 Å². The Hall–Kier alpha value is -1.36. The Bertz CT molecular complexity index is 306. The van der Waals surface area contributed by atoms with Gasteiger partial charge in [-0.2, -0.15) is 5.10 Å². The summed E-state index contributed by atoms with van der Waals surface area (Å²) >= 11 is 0. The maximum atomic E-state index is 11.4. The molecule has 1 N–H and O–H groups in total. The fourth-order valence-corrected chi connectivity index (χ4v) is 1.03. The Morgan fingerprint density at radius 1 is 1.64 bits per heavy atom. The number of rotatable bonds is 4. The summed E-state index contributed by atoms with van der Waals surface area (Å²) in [6, 6.07) is 1.77. The maximum Gasteiger partial charge on any atom is 0.226 e. The largest absolute Gasteiger partial charge is 0.311 e. The van der Waals surface area contributed by atoms with Crippen LogP contribution in [0.2, 0.25) is 0 Å². The van der Waals surface area contributed by atoms with E-state index in [0.717, 1.165) is 12.4 Å². The van der Waals surface area contributed by atoms with Gasteiger partial charge < -0.3 is 10.2 Å². The molecule has 1 rings (SSSR count). The maximum absolute atomic E-state index is 11.4. The molecule has 0 fully saturated rings. The molecule has 1 aromatic rings. The first kappa shape index (κ1) is 10.7. The summed E-state index contributed by atoms with van der Waals surface area (Å²) in [6.07, 6.45) is 2.15. The predicted molar refractivity (Wildman–Crippen MR) is 55.0 cm³/mol.